The predicted octanol–water partition coefficient (Wildman–Crippen LogP) is 3.84. The van der Waals surface area contributed by atoms with Crippen LogP contribution in [-0.2, 0) is 16.1 Å². The second-order valence-corrected chi connectivity index (χ2v) is 6.49. The van der Waals surface area contributed by atoms with Gasteiger partial charge in [0, 0.05) is 19.6 Å². The lowest BCUT2D eigenvalue weighted by molar-refractivity contribution is -0.137. The molecule has 0 radical (unpaired) electrons. The lowest BCUT2D eigenvalue weighted by Gasteiger charge is -2.25. The van der Waals surface area contributed by atoms with E-state index >= 15 is 0 Å². The summed E-state index contributed by atoms with van der Waals surface area (Å²) in [5, 5.41) is 0. The van der Waals surface area contributed by atoms with E-state index in [0.29, 0.717) is 42.9 Å². The van der Waals surface area contributed by atoms with Gasteiger partial charge in [-0.3, -0.25) is 14.5 Å². The number of halogens is 1. The highest BCUT2D eigenvalue weighted by atomic mass is 19.1. The third-order valence-electron chi connectivity index (χ3n) is 4.64. The summed E-state index contributed by atoms with van der Waals surface area (Å²) in [4.78, 5) is 29.3. The number of benzene rings is 2. The van der Waals surface area contributed by atoms with Crippen LogP contribution in [0, 0.1) is 5.82 Å². The maximum atomic E-state index is 13.4. The van der Waals surface area contributed by atoms with Gasteiger partial charge in [0.05, 0.1) is 5.57 Å². The van der Waals surface area contributed by atoms with Crippen LogP contribution in [0.15, 0.2) is 60.3 Å². The van der Waals surface area contributed by atoms with Crippen LogP contribution in [0.5, 0.6) is 0 Å². The van der Waals surface area contributed by atoms with Gasteiger partial charge in [0.25, 0.3) is 11.8 Å². The SMILES string of the molecule is CCCN1C(=O)C(c2ccc(F)cc2)=C(N(CC)Cc2ccccc2)C1=O. The minimum atomic E-state index is -0.375. The number of rotatable bonds is 7. The van der Waals surface area contributed by atoms with Gasteiger partial charge in [-0.25, -0.2) is 4.39 Å². The molecule has 0 saturated heterocycles. The molecule has 0 unspecified atom stereocenters. The summed E-state index contributed by atoms with van der Waals surface area (Å²) >= 11 is 0. The first-order valence-electron chi connectivity index (χ1n) is 9.22. The maximum Gasteiger partial charge on any atom is 0.277 e. The van der Waals surface area contributed by atoms with Gasteiger partial charge in [0.2, 0.25) is 0 Å². The summed E-state index contributed by atoms with van der Waals surface area (Å²) in [7, 11) is 0. The second-order valence-electron chi connectivity index (χ2n) is 6.49. The standard InChI is InChI=1S/C22H23FN2O2/c1-3-14-25-21(26)19(17-10-12-18(23)13-11-17)20(22(25)27)24(4-2)15-16-8-6-5-7-9-16/h5-13H,3-4,14-15H2,1-2H3. The van der Waals surface area contributed by atoms with Crippen LogP contribution in [0.1, 0.15) is 31.4 Å². The topological polar surface area (TPSA) is 40.6 Å². The zero-order valence-electron chi connectivity index (χ0n) is 15.6. The third-order valence-corrected chi connectivity index (χ3v) is 4.64. The molecule has 0 atom stereocenters. The minimum Gasteiger partial charge on any atom is -0.362 e. The lowest BCUT2D eigenvalue weighted by atomic mass is 10.0. The van der Waals surface area contributed by atoms with E-state index in [4.69, 9.17) is 0 Å². The zero-order chi connectivity index (χ0) is 19.4. The Morgan fingerprint density at radius 3 is 2.19 bits per heavy atom. The van der Waals surface area contributed by atoms with Crippen molar-refractivity contribution in [2.45, 2.75) is 26.8 Å². The van der Waals surface area contributed by atoms with E-state index in [9.17, 15) is 14.0 Å². The number of likely N-dealkylation sites (N-methyl/N-ethyl adjacent to an activating group) is 1. The first kappa shape index (κ1) is 18.8. The minimum absolute atomic E-state index is 0.279. The van der Waals surface area contributed by atoms with Crippen molar-refractivity contribution in [2.24, 2.45) is 0 Å². The summed E-state index contributed by atoms with van der Waals surface area (Å²) in [5.74, 6) is -0.964. The van der Waals surface area contributed by atoms with Gasteiger partial charge in [-0.1, -0.05) is 49.4 Å². The average Bonchev–Trinajstić information content (AvgIpc) is 2.93. The molecule has 2 aromatic carbocycles. The van der Waals surface area contributed by atoms with Gasteiger partial charge in [0.1, 0.15) is 11.5 Å². The van der Waals surface area contributed by atoms with Crippen LogP contribution in [0.4, 0.5) is 4.39 Å². The van der Waals surface area contributed by atoms with Crippen molar-refractivity contribution >= 4 is 17.4 Å². The fourth-order valence-electron chi connectivity index (χ4n) is 3.31. The van der Waals surface area contributed by atoms with Gasteiger partial charge < -0.3 is 4.90 Å². The molecule has 0 N–H and O–H groups in total. The van der Waals surface area contributed by atoms with Gasteiger partial charge in [-0.15, -0.1) is 0 Å². The average molecular weight is 366 g/mol. The molecular weight excluding hydrogens is 343 g/mol. The summed E-state index contributed by atoms with van der Waals surface area (Å²) < 4.78 is 13.4. The zero-order valence-corrected chi connectivity index (χ0v) is 15.6. The van der Waals surface area contributed by atoms with Crippen LogP contribution >= 0.6 is 0 Å². The van der Waals surface area contributed by atoms with Crippen molar-refractivity contribution in [1.82, 2.24) is 9.80 Å². The van der Waals surface area contributed by atoms with Gasteiger partial charge in [0.15, 0.2) is 0 Å². The number of imide groups is 1. The molecule has 2 aromatic rings. The fraction of sp³-hybridized carbons (Fsp3) is 0.273. The Hall–Kier alpha value is -2.95. The molecule has 4 nitrogen and oxygen atoms in total. The lowest BCUT2D eigenvalue weighted by Crippen LogP contribution is -2.35. The Bertz CT molecular complexity index is 860. The highest BCUT2D eigenvalue weighted by Gasteiger charge is 2.40. The molecule has 0 saturated carbocycles. The van der Waals surface area contributed by atoms with Crippen molar-refractivity contribution in [3.05, 3.63) is 77.2 Å². The van der Waals surface area contributed by atoms with Gasteiger partial charge in [-0.05, 0) is 36.6 Å². The van der Waals surface area contributed by atoms with Crippen LogP contribution in [0.3, 0.4) is 0 Å². The number of nitrogens with zero attached hydrogens (tertiary/aromatic N) is 2. The Kier molecular flexibility index (Phi) is 5.69. The molecule has 0 aliphatic carbocycles. The van der Waals surface area contributed by atoms with E-state index in [1.165, 1.54) is 17.0 Å². The Labute approximate surface area is 158 Å². The Morgan fingerprint density at radius 2 is 1.59 bits per heavy atom. The molecule has 5 heteroatoms. The molecular formula is C22H23FN2O2. The largest absolute Gasteiger partial charge is 0.362 e. The van der Waals surface area contributed by atoms with Crippen molar-refractivity contribution in [3.8, 4) is 0 Å². The summed E-state index contributed by atoms with van der Waals surface area (Å²) in [5.41, 5.74) is 2.37. The number of hydrogen-bond donors (Lipinski definition) is 0. The molecule has 3 rings (SSSR count). The van der Waals surface area contributed by atoms with Crippen molar-refractivity contribution in [2.75, 3.05) is 13.1 Å². The van der Waals surface area contributed by atoms with Crippen LogP contribution in [0.25, 0.3) is 5.57 Å². The van der Waals surface area contributed by atoms with Crippen LogP contribution < -0.4 is 0 Å². The van der Waals surface area contributed by atoms with Gasteiger partial charge >= 0.3 is 0 Å². The summed E-state index contributed by atoms with van der Waals surface area (Å²) in [6, 6.07) is 15.6. The smallest absolute Gasteiger partial charge is 0.277 e. The van der Waals surface area contributed by atoms with E-state index in [-0.39, 0.29) is 17.6 Å². The maximum absolute atomic E-state index is 13.4. The number of amides is 2. The first-order valence-corrected chi connectivity index (χ1v) is 9.22. The van der Waals surface area contributed by atoms with Crippen molar-refractivity contribution in [3.63, 3.8) is 0 Å². The van der Waals surface area contributed by atoms with Crippen LogP contribution in [-0.4, -0.2) is 34.7 Å². The van der Waals surface area contributed by atoms with Crippen LogP contribution in [0.2, 0.25) is 0 Å². The quantitative estimate of drug-likeness (QED) is 0.699. The van der Waals surface area contributed by atoms with E-state index in [0.717, 1.165) is 5.56 Å². The Balaban J connectivity index is 2.07. The molecule has 0 bridgehead atoms. The highest BCUT2D eigenvalue weighted by molar-refractivity contribution is 6.35. The number of hydrogen-bond acceptors (Lipinski definition) is 3. The second kappa shape index (κ2) is 8.16. The monoisotopic (exact) mass is 366 g/mol. The molecule has 27 heavy (non-hydrogen) atoms. The third kappa shape index (κ3) is 3.77. The molecule has 1 heterocycles. The molecule has 0 spiro atoms. The Morgan fingerprint density at radius 1 is 0.926 bits per heavy atom. The molecule has 0 aromatic heterocycles. The summed E-state index contributed by atoms with van der Waals surface area (Å²) in [6.45, 7) is 5.36. The predicted molar refractivity (Wildman–Crippen MR) is 103 cm³/mol. The van der Waals surface area contributed by atoms with E-state index in [1.807, 2.05) is 49.1 Å². The fourth-order valence-corrected chi connectivity index (χ4v) is 3.31. The van der Waals surface area contributed by atoms with Gasteiger partial charge in [-0.2, -0.15) is 0 Å². The molecule has 1 aliphatic rings. The van der Waals surface area contributed by atoms with E-state index < -0.39 is 0 Å². The van der Waals surface area contributed by atoms with E-state index in [2.05, 4.69) is 0 Å². The molecule has 140 valence electrons. The summed E-state index contributed by atoms with van der Waals surface area (Å²) in [6.07, 6.45) is 0.687. The number of carbonyl (C=O) groups excluding carboxylic acids is 2. The van der Waals surface area contributed by atoms with Crippen molar-refractivity contribution < 1.29 is 14.0 Å². The molecule has 2 amide bonds. The first-order chi connectivity index (χ1) is 13.1. The van der Waals surface area contributed by atoms with E-state index in [1.54, 1.807) is 12.1 Å². The normalized spacial score (nSPS) is 14.3. The van der Waals surface area contributed by atoms with Crippen molar-refractivity contribution in [1.29, 1.82) is 0 Å². The highest BCUT2D eigenvalue weighted by Crippen LogP contribution is 2.32. The molecule has 1 aliphatic heterocycles. The molecule has 0 fully saturated rings. The number of carbonyl (C=O) groups is 2.